The lowest BCUT2D eigenvalue weighted by Gasteiger charge is -2.26. The Morgan fingerprint density at radius 3 is 2.35 bits per heavy atom. The van der Waals surface area contributed by atoms with Gasteiger partial charge < -0.3 is 10.6 Å². The zero-order valence-corrected chi connectivity index (χ0v) is 10.4. The van der Waals surface area contributed by atoms with Crippen molar-refractivity contribution in [2.24, 2.45) is 5.73 Å². The molecule has 7 heteroatoms. The van der Waals surface area contributed by atoms with Gasteiger partial charge in [0.1, 0.15) is 0 Å². The highest BCUT2D eigenvalue weighted by molar-refractivity contribution is 7.91. The van der Waals surface area contributed by atoms with Crippen molar-refractivity contribution in [3.05, 3.63) is 18.0 Å². The third-order valence-corrected chi connectivity index (χ3v) is 4.36. The van der Waals surface area contributed by atoms with Crippen molar-refractivity contribution in [2.75, 3.05) is 36.0 Å². The molecule has 17 heavy (non-hydrogen) atoms. The second kappa shape index (κ2) is 4.97. The molecule has 1 aromatic rings. The van der Waals surface area contributed by atoms with Crippen molar-refractivity contribution in [1.29, 1.82) is 0 Å². The third kappa shape index (κ3) is 3.13. The van der Waals surface area contributed by atoms with Crippen LogP contribution in [-0.4, -0.2) is 49.5 Å². The van der Waals surface area contributed by atoms with Crippen LogP contribution in [0.3, 0.4) is 0 Å². The van der Waals surface area contributed by atoms with Crippen LogP contribution in [-0.2, 0) is 16.3 Å². The number of hydrogen-bond acceptors (Lipinski definition) is 6. The van der Waals surface area contributed by atoms with E-state index in [0.717, 1.165) is 12.0 Å². The van der Waals surface area contributed by atoms with Crippen LogP contribution in [0.4, 0.5) is 5.95 Å². The van der Waals surface area contributed by atoms with Crippen LogP contribution in [0.2, 0.25) is 0 Å². The SMILES string of the molecule is NCCc1cnc(N2CCS(=O)(=O)CC2)nc1. The Kier molecular flexibility index (Phi) is 3.58. The van der Waals surface area contributed by atoms with Gasteiger partial charge in [0.15, 0.2) is 9.84 Å². The average molecular weight is 256 g/mol. The van der Waals surface area contributed by atoms with Crippen molar-refractivity contribution < 1.29 is 8.42 Å². The fraction of sp³-hybridized carbons (Fsp3) is 0.600. The Morgan fingerprint density at radius 2 is 1.82 bits per heavy atom. The molecule has 0 saturated carbocycles. The smallest absolute Gasteiger partial charge is 0.225 e. The highest BCUT2D eigenvalue weighted by Crippen LogP contribution is 2.11. The van der Waals surface area contributed by atoms with Gasteiger partial charge in [-0.15, -0.1) is 0 Å². The Hall–Kier alpha value is -1.21. The summed E-state index contributed by atoms with van der Waals surface area (Å²) < 4.78 is 22.6. The lowest BCUT2D eigenvalue weighted by molar-refractivity contribution is 0.585. The van der Waals surface area contributed by atoms with Crippen molar-refractivity contribution in [1.82, 2.24) is 9.97 Å². The molecule has 2 rings (SSSR count). The van der Waals surface area contributed by atoms with E-state index in [1.54, 1.807) is 12.4 Å². The Labute approximate surface area is 101 Å². The summed E-state index contributed by atoms with van der Waals surface area (Å²) in [5, 5.41) is 0. The minimum atomic E-state index is -2.85. The summed E-state index contributed by atoms with van der Waals surface area (Å²) in [6, 6.07) is 0. The molecule has 1 fully saturated rings. The first kappa shape index (κ1) is 12.3. The van der Waals surface area contributed by atoms with Gasteiger partial charge in [-0.3, -0.25) is 0 Å². The van der Waals surface area contributed by atoms with Gasteiger partial charge in [0.25, 0.3) is 0 Å². The third-order valence-electron chi connectivity index (χ3n) is 2.75. The average Bonchev–Trinajstić information content (AvgIpc) is 2.31. The number of anilines is 1. The van der Waals surface area contributed by atoms with E-state index in [9.17, 15) is 8.42 Å². The lowest BCUT2D eigenvalue weighted by atomic mass is 10.2. The number of sulfone groups is 1. The van der Waals surface area contributed by atoms with Gasteiger partial charge in [-0.05, 0) is 18.5 Å². The molecule has 1 aliphatic heterocycles. The summed E-state index contributed by atoms with van der Waals surface area (Å²) in [6.45, 7) is 1.52. The highest BCUT2D eigenvalue weighted by atomic mass is 32.2. The van der Waals surface area contributed by atoms with Crippen LogP contribution >= 0.6 is 0 Å². The molecule has 0 radical (unpaired) electrons. The number of nitrogens with two attached hydrogens (primary N) is 1. The van der Waals surface area contributed by atoms with E-state index < -0.39 is 9.84 Å². The highest BCUT2D eigenvalue weighted by Gasteiger charge is 2.22. The van der Waals surface area contributed by atoms with Crippen molar-refractivity contribution in [2.45, 2.75) is 6.42 Å². The summed E-state index contributed by atoms with van der Waals surface area (Å²) in [4.78, 5) is 10.4. The van der Waals surface area contributed by atoms with E-state index in [-0.39, 0.29) is 11.5 Å². The largest absolute Gasteiger partial charge is 0.339 e. The molecule has 1 aliphatic rings. The maximum Gasteiger partial charge on any atom is 0.225 e. The second-order valence-corrected chi connectivity index (χ2v) is 6.37. The first-order valence-corrected chi connectivity index (χ1v) is 7.39. The minimum Gasteiger partial charge on any atom is -0.339 e. The minimum absolute atomic E-state index is 0.181. The zero-order valence-electron chi connectivity index (χ0n) is 9.54. The maximum atomic E-state index is 11.3. The molecule has 0 aromatic carbocycles. The van der Waals surface area contributed by atoms with Gasteiger partial charge in [0.2, 0.25) is 5.95 Å². The summed E-state index contributed by atoms with van der Waals surface area (Å²) in [6.07, 6.45) is 4.26. The van der Waals surface area contributed by atoms with Crippen LogP contribution < -0.4 is 10.6 Å². The monoisotopic (exact) mass is 256 g/mol. The molecule has 0 bridgehead atoms. The zero-order chi connectivity index (χ0) is 12.3. The quantitative estimate of drug-likeness (QED) is 0.762. The molecule has 6 nitrogen and oxygen atoms in total. The van der Waals surface area contributed by atoms with E-state index in [4.69, 9.17) is 5.73 Å². The van der Waals surface area contributed by atoms with Crippen molar-refractivity contribution in [3.8, 4) is 0 Å². The molecule has 2 N–H and O–H groups in total. The molecule has 0 aliphatic carbocycles. The van der Waals surface area contributed by atoms with E-state index in [2.05, 4.69) is 9.97 Å². The molecule has 0 spiro atoms. The Morgan fingerprint density at radius 1 is 1.24 bits per heavy atom. The Balaban J connectivity index is 2.03. The summed E-state index contributed by atoms with van der Waals surface area (Å²) in [7, 11) is -2.85. The summed E-state index contributed by atoms with van der Waals surface area (Å²) in [5.41, 5.74) is 6.44. The van der Waals surface area contributed by atoms with Crippen LogP contribution in [0.25, 0.3) is 0 Å². The van der Waals surface area contributed by atoms with Gasteiger partial charge in [-0.2, -0.15) is 0 Å². The normalized spacial score (nSPS) is 19.2. The van der Waals surface area contributed by atoms with Gasteiger partial charge in [0, 0.05) is 25.5 Å². The summed E-state index contributed by atoms with van der Waals surface area (Å²) in [5.74, 6) is 0.961. The number of nitrogens with zero attached hydrogens (tertiary/aromatic N) is 3. The lowest BCUT2D eigenvalue weighted by Crippen LogP contribution is -2.41. The van der Waals surface area contributed by atoms with Crippen LogP contribution in [0.1, 0.15) is 5.56 Å². The van der Waals surface area contributed by atoms with Gasteiger partial charge in [-0.1, -0.05) is 0 Å². The van der Waals surface area contributed by atoms with E-state index >= 15 is 0 Å². The fourth-order valence-corrected chi connectivity index (χ4v) is 2.92. The summed E-state index contributed by atoms with van der Waals surface area (Å²) >= 11 is 0. The predicted molar refractivity (Wildman–Crippen MR) is 65.7 cm³/mol. The van der Waals surface area contributed by atoms with Gasteiger partial charge in [0.05, 0.1) is 11.5 Å². The molecule has 1 saturated heterocycles. The predicted octanol–water partition coefficient (Wildman–Crippen LogP) is -0.787. The Bertz CT molecular complexity index is 458. The van der Waals surface area contributed by atoms with Crippen LogP contribution in [0.15, 0.2) is 12.4 Å². The number of aromatic nitrogens is 2. The second-order valence-electron chi connectivity index (χ2n) is 4.07. The first-order valence-electron chi connectivity index (χ1n) is 5.57. The van der Waals surface area contributed by atoms with E-state index in [1.165, 1.54) is 0 Å². The van der Waals surface area contributed by atoms with E-state index in [1.807, 2.05) is 4.90 Å². The van der Waals surface area contributed by atoms with Crippen LogP contribution in [0, 0.1) is 0 Å². The number of hydrogen-bond donors (Lipinski definition) is 1. The fourth-order valence-electron chi connectivity index (χ4n) is 1.72. The first-order chi connectivity index (χ1) is 8.11. The molecular formula is C10H16N4O2S. The molecule has 2 heterocycles. The molecule has 0 amide bonds. The molecule has 0 unspecified atom stereocenters. The van der Waals surface area contributed by atoms with E-state index in [0.29, 0.717) is 25.6 Å². The van der Waals surface area contributed by atoms with Gasteiger partial charge in [-0.25, -0.2) is 18.4 Å². The van der Waals surface area contributed by atoms with Crippen LogP contribution in [0.5, 0.6) is 0 Å². The molecule has 1 aromatic heterocycles. The molecule has 0 atom stereocenters. The topological polar surface area (TPSA) is 89.2 Å². The standard InChI is InChI=1S/C10H16N4O2S/c11-2-1-9-7-12-10(13-8-9)14-3-5-17(15,16)6-4-14/h7-8H,1-6,11H2. The number of rotatable bonds is 3. The molecule has 94 valence electrons. The van der Waals surface area contributed by atoms with Crippen molar-refractivity contribution in [3.63, 3.8) is 0 Å². The molecular weight excluding hydrogens is 240 g/mol. The van der Waals surface area contributed by atoms with Gasteiger partial charge >= 0.3 is 0 Å². The van der Waals surface area contributed by atoms with Crippen molar-refractivity contribution >= 4 is 15.8 Å². The maximum absolute atomic E-state index is 11.3.